The van der Waals surface area contributed by atoms with E-state index in [0.29, 0.717) is 25.2 Å². The highest BCUT2D eigenvalue weighted by atomic mass is 19.1. The molecule has 1 saturated carbocycles. The van der Waals surface area contributed by atoms with Gasteiger partial charge in [-0.3, -0.25) is 4.79 Å². The predicted molar refractivity (Wildman–Crippen MR) is 53.9 cm³/mol. The summed E-state index contributed by atoms with van der Waals surface area (Å²) in [5.41, 5.74) is 0.354. The van der Waals surface area contributed by atoms with Crippen molar-refractivity contribution in [3.8, 4) is 5.75 Å². The average Bonchev–Trinajstić information content (AvgIpc) is 2.96. The Morgan fingerprint density at radius 1 is 1.56 bits per heavy atom. The van der Waals surface area contributed by atoms with E-state index in [1.807, 2.05) is 0 Å². The van der Waals surface area contributed by atoms with Crippen molar-refractivity contribution in [1.82, 2.24) is 0 Å². The fraction of sp³-hybridized carbons (Fsp3) is 0.417. The second-order valence-electron chi connectivity index (χ2n) is 4.49. The molecule has 1 spiro atoms. The van der Waals surface area contributed by atoms with Crippen LogP contribution in [0.4, 0.5) is 4.39 Å². The number of halogens is 1. The van der Waals surface area contributed by atoms with Gasteiger partial charge in [0.25, 0.3) is 0 Å². The maximum Gasteiger partial charge on any atom is 0.307 e. The molecule has 16 heavy (non-hydrogen) atoms. The predicted octanol–water partition coefficient (Wildman–Crippen LogP) is 1.95. The molecular formula is C12H11FO3. The number of aliphatic carboxylic acids is 1. The second-order valence-corrected chi connectivity index (χ2v) is 4.49. The highest BCUT2D eigenvalue weighted by molar-refractivity contribution is 5.78. The molecule has 1 aliphatic carbocycles. The summed E-state index contributed by atoms with van der Waals surface area (Å²) in [6.45, 7) is 0.516. The van der Waals surface area contributed by atoms with Crippen LogP contribution in [0.1, 0.15) is 18.4 Å². The molecule has 2 unspecified atom stereocenters. The minimum absolute atomic E-state index is 0.334. The Morgan fingerprint density at radius 2 is 2.38 bits per heavy atom. The Bertz CT molecular complexity index is 471. The molecule has 0 bridgehead atoms. The van der Waals surface area contributed by atoms with Gasteiger partial charge in [-0.2, -0.15) is 0 Å². The lowest BCUT2D eigenvalue weighted by Gasteiger charge is -2.26. The molecule has 1 aromatic carbocycles. The monoisotopic (exact) mass is 222 g/mol. The van der Waals surface area contributed by atoms with Crippen LogP contribution in [0, 0.1) is 11.7 Å². The normalized spacial score (nSPS) is 30.7. The van der Waals surface area contributed by atoms with Gasteiger partial charge in [0, 0.05) is 11.0 Å². The quantitative estimate of drug-likeness (QED) is 0.790. The van der Waals surface area contributed by atoms with E-state index < -0.39 is 5.97 Å². The number of hydrogen-bond acceptors (Lipinski definition) is 2. The number of rotatable bonds is 1. The number of benzene rings is 1. The lowest BCUT2D eigenvalue weighted by Crippen LogP contribution is -2.24. The van der Waals surface area contributed by atoms with Crippen molar-refractivity contribution in [2.75, 3.05) is 6.61 Å². The molecule has 3 nitrogen and oxygen atoms in total. The van der Waals surface area contributed by atoms with Crippen molar-refractivity contribution in [3.63, 3.8) is 0 Å². The number of fused-ring (bicyclic) bond motifs is 2. The van der Waals surface area contributed by atoms with E-state index in [1.54, 1.807) is 6.07 Å². The molecule has 3 rings (SSSR count). The summed E-state index contributed by atoms with van der Waals surface area (Å²) < 4.78 is 18.6. The van der Waals surface area contributed by atoms with Gasteiger partial charge in [-0.25, -0.2) is 4.39 Å². The van der Waals surface area contributed by atoms with Crippen molar-refractivity contribution in [2.24, 2.45) is 5.92 Å². The second kappa shape index (κ2) is 2.97. The van der Waals surface area contributed by atoms with Crippen LogP contribution >= 0.6 is 0 Å². The summed E-state index contributed by atoms with van der Waals surface area (Å²) in [6.07, 6.45) is 1.27. The fourth-order valence-electron chi connectivity index (χ4n) is 2.70. The summed E-state index contributed by atoms with van der Waals surface area (Å²) in [5, 5.41) is 9.03. The summed E-state index contributed by atoms with van der Waals surface area (Å²) in [7, 11) is 0. The van der Waals surface area contributed by atoms with Crippen LogP contribution in [0.3, 0.4) is 0 Å². The Balaban J connectivity index is 2.07. The van der Waals surface area contributed by atoms with Gasteiger partial charge < -0.3 is 9.84 Å². The van der Waals surface area contributed by atoms with Gasteiger partial charge in [0.1, 0.15) is 11.6 Å². The molecule has 84 valence electrons. The van der Waals surface area contributed by atoms with E-state index in [0.717, 1.165) is 5.56 Å². The van der Waals surface area contributed by atoms with Crippen molar-refractivity contribution in [1.29, 1.82) is 0 Å². The zero-order valence-electron chi connectivity index (χ0n) is 8.57. The Kier molecular flexibility index (Phi) is 1.79. The molecule has 0 saturated heterocycles. The largest absolute Gasteiger partial charge is 0.493 e. The van der Waals surface area contributed by atoms with Crippen LogP contribution in [-0.4, -0.2) is 17.7 Å². The summed E-state index contributed by atoms with van der Waals surface area (Å²) >= 11 is 0. The SMILES string of the molecule is O=C(O)C1CC12CCOc1ccc(F)cc12. The minimum Gasteiger partial charge on any atom is -0.493 e. The third kappa shape index (κ3) is 1.16. The lowest BCUT2D eigenvalue weighted by atomic mass is 9.87. The lowest BCUT2D eigenvalue weighted by molar-refractivity contribution is -0.139. The molecule has 1 aromatic rings. The van der Waals surface area contributed by atoms with Crippen LogP contribution in [0.15, 0.2) is 18.2 Å². The summed E-state index contributed by atoms with van der Waals surface area (Å²) in [5.74, 6) is -0.870. The van der Waals surface area contributed by atoms with E-state index >= 15 is 0 Å². The highest BCUT2D eigenvalue weighted by Gasteiger charge is 2.61. The zero-order valence-corrected chi connectivity index (χ0v) is 8.57. The molecule has 1 heterocycles. The summed E-state index contributed by atoms with van der Waals surface area (Å²) in [6, 6.07) is 4.34. The number of ether oxygens (including phenoxy) is 1. The number of carbonyl (C=O) groups is 1. The number of hydrogen-bond donors (Lipinski definition) is 1. The number of carboxylic acids is 1. The van der Waals surface area contributed by atoms with Gasteiger partial charge in [0.2, 0.25) is 0 Å². The van der Waals surface area contributed by atoms with E-state index in [-0.39, 0.29) is 17.2 Å². The molecule has 1 N–H and O–H groups in total. The van der Waals surface area contributed by atoms with E-state index in [4.69, 9.17) is 9.84 Å². The first kappa shape index (κ1) is 9.63. The van der Waals surface area contributed by atoms with Gasteiger partial charge in [-0.1, -0.05) is 0 Å². The molecule has 2 atom stereocenters. The first-order valence-electron chi connectivity index (χ1n) is 5.29. The van der Waals surface area contributed by atoms with Gasteiger partial charge in [-0.05, 0) is 31.0 Å². The maximum atomic E-state index is 13.2. The van der Waals surface area contributed by atoms with E-state index in [9.17, 15) is 9.18 Å². The molecule has 0 amide bonds. The van der Waals surface area contributed by atoms with Crippen molar-refractivity contribution >= 4 is 5.97 Å². The Labute approximate surface area is 91.8 Å². The van der Waals surface area contributed by atoms with E-state index in [1.165, 1.54) is 12.1 Å². The highest BCUT2D eigenvalue weighted by Crippen LogP contribution is 2.60. The minimum atomic E-state index is -0.794. The molecule has 0 radical (unpaired) electrons. The topological polar surface area (TPSA) is 46.5 Å². The molecule has 1 aliphatic heterocycles. The average molecular weight is 222 g/mol. The van der Waals surface area contributed by atoms with Crippen LogP contribution in [-0.2, 0) is 10.2 Å². The number of carboxylic acid groups (broad SMARTS) is 1. The Morgan fingerprint density at radius 3 is 3.06 bits per heavy atom. The van der Waals surface area contributed by atoms with Crippen LogP contribution in [0.2, 0.25) is 0 Å². The van der Waals surface area contributed by atoms with Gasteiger partial charge in [-0.15, -0.1) is 0 Å². The molecular weight excluding hydrogens is 211 g/mol. The smallest absolute Gasteiger partial charge is 0.307 e. The van der Waals surface area contributed by atoms with Gasteiger partial charge >= 0.3 is 5.97 Å². The van der Waals surface area contributed by atoms with Gasteiger partial charge in [0.05, 0.1) is 12.5 Å². The molecule has 0 aromatic heterocycles. The van der Waals surface area contributed by atoms with Crippen molar-refractivity contribution in [3.05, 3.63) is 29.6 Å². The maximum absolute atomic E-state index is 13.2. The molecule has 2 aliphatic rings. The molecule has 4 heteroatoms. The molecule has 1 fully saturated rings. The van der Waals surface area contributed by atoms with E-state index in [2.05, 4.69) is 0 Å². The van der Waals surface area contributed by atoms with Gasteiger partial charge in [0.15, 0.2) is 0 Å². The summed E-state index contributed by atoms with van der Waals surface area (Å²) in [4.78, 5) is 11.0. The van der Waals surface area contributed by atoms with Crippen molar-refractivity contribution in [2.45, 2.75) is 18.3 Å². The van der Waals surface area contributed by atoms with Crippen LogP contribution < -0.4 is 4.74 Å². The Hall–Kier alpha value is -1.58. The third-order valence-corrected chi connectivity index (χ3v) is 3.66. The van der Waals surface area contributed by atoms with Crippen molar-refractivity contribution < 1.29 is 19.0 Å². The standard InChI is InChI=1S/C12H11FO3/c13-7-1-2-10-8(5-7)12(3-4-16-10)6-9(12)11(14)15/h1-2,5,9H,3-4,6H2,(H,14,15). The zero-order chi connectivity index (χ0) is 11.3. The first-order valence-corrected chi connectivity index (χ1v) is 5.29. The fourth-order valence-corrected chi connectivity index (χ4v) is 2.70. The van der Waals surface area contributed by atoms with Crippen LogP contribution in [0.5, 0.6) is 5.75 Å². The van der Waals surface area contributed by atoms with Crippen LogP contribution in [0.25, 0.3) is 0 Å². The first-order chi connectivity index (χ1) is 7.63. The third-order valence-electron chi connectivity index (χ3n) is 3.66.